The van der Waals surface area contributed by atoms with E-state index in [0.717, 1.165) is 0 Å². The van der Waals surface area contributed by atoms with E-state index in [0.29, 0.717) is 10.4 Å². The highest BCUT2D eigenvalue weighted by Gasteiger charge is 2.39. The first-order chi connectivity index (χ1) is 7.96. The molecule has 0 aromatic carbocycles. The molecule has 18 heavy (non-hydrogen) atoms. The highest BCUT2D eigenvalue weighted by atomic mass is 28.3. The van der Waals surface area contributed by atoms with Crippen LogP contribution in [0, 0.1) is 0 Å². The number of rotatable bonds is 4. The molecule has 0 heterocycles. The van der Waals surface area contributed by atoms with Crippen LogP contribution in [0.4, 0.5) is 0 Å². The average molecular weight is 288 g/mol. The molecule has 0 aliphatic rings. The predicted octanol–water partition coefficient (Wildman–Crippen LogP) is 2.38. The number of hydrogen-bond acceptors (Lipinski definition) is 4. The first-order valence-electron chi connectivity index (χ1n) is 5.88. The third-order valence-electron chi connectivity index (χ3n) is 2.53. The van der Waals surface area contributed by atoms with E-state index in [1.165, 1.54) is 14.2 Å². The molecule has 0 N–H and O–H groups in total. The molecule has 4 nitrogen and oxygen atoms in total. The number of ether oxygens (including phenoxy) is 2. The van der Waals surface area contributed by atoms with Crippen molar-refractivity contribution in [1.29, 1.82) is 0 Å². The minimum atomic E-state index is -1.98. The third kappa shape index (κ3) is 4.10. The quantitative estimate of drug-likeness (QED) is 0.453. The number of hydrogen-bond donors (Lipinski definition) is 0. The highest BCUT2D eigenvalue weighted by molar-refractivity contribution is 6.94. The molecule has 0 saturated heterocycles. The Bertz CT molecular complexity index is 337. The third-order valence-corrected chi connectivity index (χ3v) is 6.69. The highest BCUT2D eigenvalue weighted by Crippen LogP contribution is 2.27. The Labute approximate surface area is 111 Å². The first-order valence-corrected chi connectivity index (χ1v) is 12.9. The fourth-order valence-electron chi connectivity index (χ4n) is 1.77. The molecule has 0 unspecified atom stereocenters. The number of carbonyl (C=O) groups excluding carboxylic acids is 2. The number of esters is 2. The van der Waals surface area contributed by atoms with E-state index in [4.69, 9.17) is 9.47 Å². The van der Waals surface area contributed by atoms with Crippen LogP contribution in [0.1, 0.15) is 0 Å². The van der Waals surface area contributed by atoms with Crippen molar-refractivity contribution in [3.05, 3.63) is 10.4 Å². The van der Waals surface area contributed by atoms with Crippen LogP contribution in [-0.2, 0) is 19.1 Å². The maximum atomic E-state index is 12.0. The summed E-state index contributed by atoms with van der Waals surface area (Å²) in [5.74, 6) is -0.783. The lowest BCUT2D eigenvalue weighted by atomic mass is 10.5. The van der Waals surface area contributed by atoms with Gasteiger partial charge in [0.05, 0.1) is 30.4 Å². The van der Waals surface area contributed by atoms with E-state index < -0.39 is 28.1 Å². The van der Waals surface area contributed by atoms with Gasteiger partial charge >= 0.3 is 11.9 Å². The van der Waals surface area contributed by atoms with Gasteiger partial charge in [-0.05, 0) is 0 Å². The van der Waals surface area contributed by atoms with Crippen LogP contribution in [0.3, 0.4) is 0 Å². The van der Waals surface area contributed by atoms with Crippen molar-refractivity contribution in [3.8, 4) is 0 Å². The lowest BCUT2D eigenvalue weighted by Crippen LogP contribution is -2.41. The monoisotopic (exact) mass is 288 g/mol. The standard InChI is InChI=1S/C12H24O4Si2/c1-15-11(13)9(17(3,4)5)10(12(14)16-2)18(6,7)8/h1-8H3. The Morgan fingerprint density at radius 3 is 1.00 bits per heavy atom. The molecule has 0 aromatic rings. The Morgan fingerprint density at radius 2 is 0.889 bits per heavy atom. The summed E-state index contributed by atoms with van der Waals surface area (Å²) in [6.45, 7) is 12.2. The lowest BCUT2D eigenvalue weighted by molar-refractivity contribution is -0.138. The van der Waals surface area contributed by atoms with E-state index in [-0.39, 0.29) is 0 Å². The normalized spacial score (nSPS) is 13.8. The molecule has 0 aromatic heterocycles. The molecule has 0 spiro atoms. The van der Waals surface area contributed by atoms with Gasteiger partial charge in [0.25, 0.3) is 0 Å². The van der Waals surface area contributed by atoms with Crippen molar-refractivity contribution in [2.45, 2.75) is 39.3 Å². The van der Waals surface area contributed by atoms with Gasteiger partial charge in [-0.15, -0.1) is 0 Å². The molecular weight excluding hydrogens is 264 g/mol. The van der Waals surface area contributed by atoms with Crippen molar-refractivity contribution in [2.24, 2.45) is 0 Å². The van der Waals surface area contributed by atoms with E-state index >= 15 is 0 Å². The predicted molar refractivity (Wildman–Crippen MR) is 77.8 cm³/mol. The lowest BCUT2D eigenvalue weighted by Gasteiger charge is -2.28. The minimum Gasteiger partial charge on any atom is -0.466 e. The zero-order valence-corrected chi connectivity index (χ0v) is 14.6. The summed E-state index contributed by atoms with van der Waals surface area (Å²) in [6, 6.07) is 0. The summed E-state index contributed by atoms with van der Waals surface area (Å²) in [6.07, 6.45) is 0. The van der Waals surface area contributed by atoms with Crippen molar-refractivity contribution in [1.82, 2.24) is 0 Å². The Morgan fingerprint density at radius 1 is 0.667 bits per heavy atom. The van der Waals surface area contributed by atoms with E-state index in [1.54, 1.807) is 0 Å². The molecular formula is C12H24O4Si2. The maximum absolute atomic E-state index is 12.0. The summed E-state index contributed by atoms with van der Waals surface area (Å²) in [4.78, 5) is 24.1. The van der Waals surface area contributed by atoms with Gasteiger partial charge in [0.1, 0.15) is 0 Å². The van der Waals surface area contributed by atoms with Gasteiger partial charge in [-0.2, -0.15) is 0 Å². The first kappa shape index (κ1) is 17.1. The maximum Gasteiger partial charge on any atom is 0.329 e. The molecule has 0 radical (unpaired) electrons. The van der Waals surface area contributed by atoms with Crippen LogP contribution in [0.5, 0.6) is 0 Å². The molecule has 6 heteroatoms. The van der Waals surface area contributed by atoms with Crippen LogP contribution < -0.4 is 0 Å². The van der Waals surface area contributed by atoms with Crippen LogP contribution >= 0.6 is 0 Å². The van der Waals surface area contributed by atoms with E-state index in [1.807, 2.05) is 39.3 Å². The van der Waals surface area contributed by atoms with E-state index in [9.17, 15) is 9.59 Å². The van der Waals surface area contributed by atoms with Crippen molar-refractivity contribution in [2.75, 3.05) is 14.2 Å². The van der Waals surface area contributed by atoms with Gasteiger partial charge in [0.2, 0.25) is 0 Å². The zero-order chi connectivity index (χ0) is 14.7. The summed E-state index contributed by atoms with van der Waals surface area (Å²) in [5.41, 5.74) is 0. The summed E-state index contributed by atoms with van der Waals surface area (Å²) in [7, 11) is -1.27. The molecule has 0 saturated carbocycles. The molecule has 0 rings (SSSR count). The second-order valence-electron chi connectivity index (χ2n) is 6.23. The molecule has 0 amide bonds. The molecule has 0 atom stereocenters. The smallest absolute Gasteiger partial charge is 0.329 e. The van der Waals surface area contributed by atoms with Crippen molar-refractivity contribution >= 4 is 28.1 Å². The Hall–Kier alpha value is -0.886. The zero-order valence-electron chi connectivity index (χ0n) is 12.6. The molecule has 0 aliphatic carbocycles. The SMILES string of the molecule is COC(=O)C(=C(C(=O)OC)[Si](C)(C)C)[Si](C)(C)C. The number of carbonyl (C=O) groups is 2. The Balaban J connectivity index is 6.21. The van der Waals surface area contributed by atoms with Gasteiger partial charge < -0.3 is 9.47 Å². The average Bonchev–Trinajstić information content (AvgIpc) is 2.20. The fourth-order valence-corrected chi connectivity index (χ4v) is 7.15. The molecule has 0 fully saturated rings. The van der Waals surface area contributed by atoms with Gasteiger partial charge in [0, 0.05) is 10.4 Å². The van der Waals surface area contributed by atoms with Crippen molar-refractivity contribution < 1.29 is 19.1 Å². The molecule has 0 bridgehead atoms. The van der Waals surface area contributed by atoms with Crippen LogP contribution in [0.2, 0.25) is 39.3 Å². The Kier molecular flexibility index (Phi) is 5.55. The topological polar surface area (TPSA) is 52.6 Å². The number of methoxy groups -OCH3 is 2. The summed E-state index contributed by atoms with van der Waals surface area (Å²) in [5, 5.41) is 1.13. The van der Waals surface area contributed by atoms with Gasteiger partial charge in [-0.25, -0.2) is 9.59 Å². The van der Waals surface area contributed by atoms with Gasteiger partial charge in [-0.1, -0.05) is 39.3 Å². The van der Waals surface area contributed by atoms with E-state index in [2.05, 4.69) is 0 Å². The largest absolute Gasteiger partial charge is 0.466 e. The van der Waals surface area contributed by atoms with Crippen LogP contribution in [-0.4, -0.2) is 42.3 Å². The van der Waals surface area contributed by atoms with Gasteiger partial charge in [-0.3, -0.25) is 0 Å². The van der Waals surface area contributed by atoms with Crippen molar-refractivity contribution in [3.63, 3.8) is 0 Å². The summed E-state index contributed by atoms with van der Waals surface area (Å²) < 4.78 is 9.72. The minimum absolute atomic E-state index is 0.392. The summed E-state index contributed by atoms with van der Waals surface area (Å²) >= 11 is 0. The molecule has 104 valence electrons. The van der Waals surface area contributed by atoms with Gasteiger partial charge in [0.15, 0.2) is 0 Å². The molecule has 0 aliphatic heterocycles. The van der Waals surface area contributed by atoms with Crippen LogP contribution in [0.15, 0.2) is 10.4 Å². The second-order valence-corrected chi connectivity index (χ2v) is 16.2. The fraction of sp³-hybridized carbons (Fsp3) is 0.667. The van der Waals surface area contributed by atoms with Crippen LogP contribution in [0.25, 0.3) is 0 Å². The second kappa shape index (κ2) is 5.84.